The largest absolute Gasteiger partial charge is 0.378 e. The summed E-state index contributed by atoms with van der Waals surface area (Å²) in [7, 11) is 4.06. The van der Waals surface area contributed by atoms with Gasteiger partial charge in [-0.25, -0.2) is 0 Å². The molecule has 1 unspecified atom stereocenters. The van der Waals surface area contributed by atoms with E-state index in [4.69, 9.17) is 11.6 Å². The summed E-state index contributed by atoms with van der Waals surface area (Å²) in [6, 6.07) is 16.0. The molecule has 1 amide bonds. The van der Waals surface area contributed by atoms with Crippen LogP contribution >= 0.6 is 11.6 Å². The summed E-state index contributed by atoms with van der Waals surface area (Å²) in [5, 5.41) is 3.69. The van der Waals surface area contributed by atoms with Crippen molar-refractivity contribution >= 4 is 23.2 Å². The molecule has 0 saturated heterocycles. The fourth-order valence-electron chi connectivity index (χ4n) is 2.61. The van der Waals surface area contributed by atoms with E-state index in [0.29, 0.717) is 18.1 Å². The molecule has 0 aliphatic carbocycles. The van der Waals surface area contributed by atoms with Crippen LogP contribution in [0.3, 0.4) is 0 Å². The monoisotopic (exact) mass is 360 g/mol. The lowest BCUT2D eigenvalue weighted by Gasteiger charge is -2.18. The molecule has 0 bridgehead atoms. The summed E-state index contributed by atoms with van der Waals surface area (Å²) < 4.78 is 0. The molecule has 1 atom stereocenters. The van der Waals surface area contributed by atoms with Crippen LogP contribution in [0, 0.1) is 0 Å². The van der Waals surface area contributed by atoms with Gasteiger partial charge in [-0.05, 0) is 36.8 Å². The van der Waals surface area contributed by atoms with E-state index in [1.54, 1.807) is 0 Å². The fourth-order valence-corrected chi connectivity index (χ4v) is 2.73. The number of carbonyl (C=O) groups excluding carboxylic acids is 1. The predicted octanol–water partition coefficient (Wildman–Crippen LogP) is 2.13. The molecule has 0 radical (unpaired) electrons. The third kappa shape index (κ3) is 6.40. The maximum absolute atomic E-state index is 12.2. The van der Waals surface area contributed by atoms with Crippen molar-refractivity contribution in [3.63, 3.8) is 0 Å². The Morgan fingerprint density at radius 2 is 1.64 bits per heavy atom. The second-order valence-corrected chi connectivity index (χ2v) is 6.86. The lowest BCUT2D eigenvalue weighted by atomic mass is 10.2. The first kappa shape index (κ1) is 19.3. The number of hydrogen-bond acceptors (Lipinski definition) is 2. The molecule has 2 N–H and O–H groups in total. The molecule has 25 heavy (non-hydrogen) atoms. The molecule has 4 nitrogen and oxygen atoms in total. The van der Waals surface area contributed by atoms with Gasteiger partial charge < -0.3 is 15.1 Å². The van der Waals surface area contributed by atoms with Crippen LogP contribution < -0.4 is 15.1 Å². The molecule has 0 saturated carbocycles. The number of halogens is 1. The highest BCUT2D eigenvalue weighted by molar-refractivity contribution is 6.30. The van der Waals surface area contributed by atoms with E-state index < -0.39 is 0 Å². The topological polar surface area (TPSA) is 36.8 Å². The smallest absolute Gasteiger partial charge is 0.275 e. The molecule has 134 valence electrons. The number of rotatable bonds is 8. The van der Waals surface area contributed by atoms with Crippen molar-refractivity contribution in [1.29, 1.82) is 0 Å². The standard InChI is InChI=1S/C20H26ClN3O/c1-4-24(14-17-7-11-19(12-8-17)23(2)3)15-20(25)22-13-16-5-9-18(21)10-6-16/h5-12H,4,13-15H2,1-3H3,(H,22,25)/p+1. The summed E-state index contributed by atoms with van der Waals surface area (Å²) in [6.45, 7) is 4.86. The lowest BCUT2D eigenvalue weighted by molar-refractivity contribution is -0.904. The number of likely N-dealkylation sites (N-methyl/N-ethyl adjacent to an activating group) is 1. The van der Waals surface area contributed by atoms with Crippen LogP contribution in [0.2, 0.25) is 5.02 Å². The van der Waals surface area contributed by atoms with E-state index in [9.17, 15) is 4.79 Å². The molecule has 0 aliphatic rings. The molecule has 2 rings (SSSR count). The summed E-state index contributed by atoms with van der Waals surface area (Å²) in [6.07, 6.45) is 0. The summed E-state index contributed by atoms with van der Waals surface area (Å²) in [5.41, 5.74) is 3.48. The minimum absolute atomic E-state index is 0.0664. The molecule has 5 heteroatoms. The van der Waals surface area contributed by atoms with Crippen LogP contribution in [0.15, 0.2) is 48.5 Å². The van der Waals surface area contributed by atoms with Gasteiger partial charge in [-0.15, -0.1) is 0 Å². The molecular formula is C20H27ClN3O+. The average Bonchev–Trinajstić information content (AvgIpc) is 2.61. The van der Waals surface area contributed by atoms with Gasteiger partial charge in [0.25, 0.3) is 5.91 Å². The zero-order valence-electron chi connectivity index (χ0n) is 15.2. The third-order valence-electron chi connectivity index (χ3n) is 4.22. The Kier molecular flexibility index (Phi) is 7.29. The van der Waals surface area contributed by atoms with Gasteiger partial charge in [0.2, 0.25) is 0 Å². The van der Waals surface area contributed by atoms with Crippen molar-refractivity contribution in [1.82, 2.24) is 5.32 Å². The van der Waals surface area contributed by atoms with Crippen LogP contribution in [-0.2, 0) is 17.9 Å². The Morgan fingerprint density at radius 3 is 2.20 bits per heavy atom. The highest BCUT2D eigenvalue weighted by Crippen LogP contribution is 2.11. The van der Waals surface area contributed by atoms with Gasteiger partial charge >= 0.3 is 0 Å². The molecule has 2 aromatic carbocycles. The molecule has 0 spiro atoms. The molecular weight excluding hydrogens is 334 g/mol. The molecule has 0 fully saturated rings. The van der Waals surface area contributed by atoms with Crippen molar-refractivity contribution in [3.8, 4) is 0 Å². The van der Waals surface area contributed by atoms with Crippen LogP contribution in [0.25, 0.3) is 0 Å². The molecule has 0 aromatic heterocycles. The fraction of sp³-hybridized carbons (Fsp3) is 0.350. The summed E-state index contributed by atoms with van der Waals surface area (Å²) >= 11 is 5.87. The molecule has 2 aromatic rings. The minimum atomic E-state index is 0.0664. The summed E-state index contributed by atoms with van der Waals surface area (Å²) in [4.78, 5) is 15.5. The minimum Gasteiger partial charge on any atom is -0.378 e. The van der Waals surface area contributed by atoms with Crippen LogP contribution in [0.5, 0.6) is 0 Å². The predicted molar refractivity (Wildman–Crippen MR) is 104 cm³/mol. The Balaban J connectivity index is 1.83. The number of anilines is 1. The Hall–Kier alpha value is -2.04. The maximum Gasteiger partial charge on any atom is 0.275 e. The van der Waals surface area contributed by atoms with Gasteiger partial charge in [0, 0.05) is 36.9 Å². The van der Waals surface area contributed by atoms with Crippen molar-refractivity contribution in [2.45, 2.75) is 20.0 Å². The van der Waals surface area contributed by atoms with Crippen molar-refractivity contribution in [2.24, 2.45) is 0 Å². The van der Waals surface area contributed by atoms with Gasteiger partial charge in [0.15, 0.2) is 6.54 Å². The van der Waals surface area contributed by atoms with Crippen molar-refractivity contribution in [3.05, 3.63) is 64.7 Å². The second-order valence-electron chi connectivity index (χ2n) is 6.42. The van der Waals surface area contributed by atoms with Gasteiger partial charge in [-0.3, -0.25) is 4.79 Å². The van der Waals surface area contributed by atoms with Crippen LogP contribution in [0.1, 0.15) is 18.1 Å². The van der Waals surface area contributed by atoms with E-state index in [0.717, 1.165) is 18.7 Å². The number of quaternary nitrogens is 1. The van der Waals surface area contributed by atoms with Gasteiger partial charge in [-0.2, -0.15) is 0 Å². The first-order chi connectivity index (χ1) is 12.0. The maximum atomic E-state index is 12.2. The third-order valence-corrected chi connectivity index (χ3v) is 4.47. The normalized spacial score (nSPS) is 11.8. The van der Waals surface area contributed by atoms with Gasteiger partial charge in [0.1, 0.15) is 6.54 Å². The molecule has 0 heterocycles. The second kappa shape index (κ2) is 9.44. The average molecular weight is 361 g/mol. The highest BCUT2D eigenvalue weighted by atomic mass is 35.5. The lowest BCUT2D eigenvalue weighted by Crippen LogP contribution is -3.11. The molecule has 0 aliphatic heterocycles. The van der Waals surface area contributed by atoms with Crippen molar-refractivity contribution < 1.29 is 9.69 Å². The zero-order chi connectivity index (χ0) is 18.2. The highest BCUT2D eigenvalue weighted by Gasteiger charge is 2.13. The van der Waals surface area contributed by atoms with Crippen LogP contribution in [-0.4, -0.2) is 33.1 Å². The number of nitrogens with zero attached hydrogens (tertiary/aromatic N) is 1. The van der Waals surface area contributed by atoms with Gasteiger partial charge in [-0.1, -0.05) is 35.9 Å². The number of amides is 1. The van der Waals surface area contributed by atoms with E-state index in [1.807, 2.05) is 38.4 Å². The first-order valence-electron chi connectivity index (χ1n) is 8.59. The number of carbonyl (C=O) groups is 1. The Labute approximate surface area is 155 Å². The van der Waals surface area contributed by atoms with Gasteiger partial charge in [0.05, 0.1) is 6.54 Å². The first-order valence-corrected chi connectivity index (χ1v) is 8.96. The van der Waals surface area contributed by atoms with Crippen LogP contribution in [0.4, 0.5) is 5.69 Å². The number of nitrogens with one attached hydrogen (secondary N) is 2. The number of hydrogen-bond donors (Lipinski definition) is 2. The quantitative estimate of drug-likeness (QED) is 0.756. The Bertz CT molecular complexity index is 668. The summed E-state index contributed by atoms with van der Waals surface area (Å²) in [5.74, 6) is 0.0664. The van der Waals surface area contributed by atoms with E-state index >= 15 is 0 Å². The van der Waals surface area contributed by atoms with E-state index in [-0.39, 0.29) is 5.91 Å². The van der Waals surface area contributed by atoms with E-state index in [2.05, 4.69) is 41.4 Å². The SMILES string of the molecule is CC[NH+](CC(=O)NCc1ccc(Cl)cc1)Cc1ccc(N(C)C)cc1. The zero-order valence-corrected chi connectivity index (χ0v) is 15.9. The van der Waals surface area contributed by atoms with Crippen molar-refractivity contribution in [2.75, 3.05) is 32.1 Å². The van der Waals surface area contributed by atoms with E-state index in [1.165, 1.54) is 16.2 Å². The number of benzene rings is 2. The Morgan fingerprint density at radius 1 is 1.04 bits per heavy atom.